The second-order valence-corrected chi connectivity index (χ2v) is 9.24. The van der Waals surface area contributed by atoms with Crippen molar-refractivity contribution in [2.24, 2.45) is 5.92 Å². The van der Waals surface area contributed by atoms with Crippen molar-refractivity contribution in [1.82, 2.24) is 20.3 Å². The number of hydrogen-bond donors (Lipinski definition) is 3. The number of benzene rings is 1. The van der Waals surface area contributed by atoms with Crippen LogP contribution >= 0.6 is 11.3 Å². The highest BCUT2D eigenvalue weighted by atomic mass is 32.1. The number of carbonyl (C=O) groups excluding carboxylic acids is 1. The van der Waals surface area contributed by atoms with E-state index in [1.54, 1.807) is 6.92 Å². The summed E-state index contributed by atoms with van der Waals surface area (Å²) in [6.07, 6.45) is -2.36. The van der Waals surface area contributed by atoms with Crippen LogP contribution in [0, 0.1) is 12.8 Å². The topological polar surface area (TPSA) is 101 Å². The minimum absolute atomic E-state index is 0.0438. The van der Waals surface area contributed by atoms with Gasteiger partial charge in [-0.3, -0.25) is 0 Å². The van der Waals surface area contributed by atoms with E-state index in [0.29, 0.717) is 28.6 Å². The molecule has 0 aliphatic heterocycles. The average molecular weight is 495 g/mol. The van der Waals surface area contributed by atoms with Crippen LogP contribution < -0.4 is 16.0 Å². The van der Waals surface area contributed by atoms with E-state index in [4.69, 9.17) is 4.98 Å². The lowest BCUT2D eigenvalue weighted by atomic mass is 10.1. The third-order valence-electron chi connectivity index (χ3n) is 5.65. The molecule has 2 heterocycles. The highest BCUT2D eigenvalue weighted by molar-refractivity contribution is 7.21. The molecular formula is C22H25F3N6O2S. The molecule has 0 radical (unpaired) electrons. The van der Waals surface area contributed by atoms with Crippen LogP contribution in [0.1, 0.15) is 25.0 Å². The summed E-state index contributed by atoms with van der Waals surface area (Å²) in [5.41, 5.74) is 2.04. The van der Waals surface area contributed by atoms with E-state index in [9.17, 15) is 18.0 Å². The predicted molar refractivity (Wildman–Crippen MR) is 125 cm³/mol. The summed E-state index contributed by atoms with van der Waals surface area (Å²) >= 11 is 1.48. The number of alkyl halides is 3. The molecule has 1 aliphatic carbocycles. The third kappa shape index (κ3) is 5.85. The van der Waals surface area contributed by atoms with Crippen LogP contribution in [0.4, 0.5) is 29.7 Å². The van der Waals surface area contributed by atoms with Gasteiger partial charge in [0, 0.05) is 12.6 Å². The number of rotatable bonds is 7. The summed E-state index contributed by atoms with van der Waals surface area (Å²) in [6.45, 7) is 1.01. The number of aromatic nitrogens is 3. The highest BCUT2D eigenvalue weighted by Gasteiger charge is 2.29. The average Bonchev–Trinajstić information content (AvgIpc) is 3.41. The largest absolute Gasteiger partial charge is 0.453 e. The van der Waals surface area contributed by atoms with Crippen LogP contribution in [-0.2, 0) is 4.74 Å². The number of ether oxygens (including phenoxy) is 1. The predicted octanol–water partition coefficient (Wildman–Crippen LogP) is 4.97. The number of nitrogens with one attached hydrogen (secondary N) is 3. The van der Waals surface area contributed by atoms with Crippen LogP contribution in [0.15, 0.2) is 24.3 Å². The normalized spacial score (nSPS) is 18.1. The summed E-state index contributed by atoms with van der Waals surface area (Å²) < 4.78 is 43.9. The lowest BCUT2D eigenvalue weighted by Crippen LogP contribution is -2.29. The van der Waals surface area contributed by atoms with Crippen molar-refractivity contribution >= 4 is 39.4 Å². The molecule has 1 fully saturated rings. The van der Waals surface area contributed by atoms with Crippen molar-refractivity contribution in [1.29, 1.82) is 0 Å². The molecule has 4 rings (SSSR count). The molecule has 2 unspecified atom stereocenters. The van der Waals surface area contributed by atoms with Crippen LogP contribution in [-0.4, -0.2) is 53.5 Å². The van der Waals surface area contributed by atoms with Crippen molar-refractivity contribution in [3.8, 4) is 10.6 Å². The number of hydrogen-bond acceptors (Lipinski definition) is 8. The van der Waals surface area contributed by atoms with Crippen molar-refractivity contribution in [3.63, 3.8) is 0 Å². The van der Waals surface area contributed by atoms with Gasteiger partial charge in [0.2, 0.25) is 5.95 Å². The molecule has 2 atom stereocenters. The first-order valence-corrected chi connectivity index (χ1v) is 11.7. The van der Waals surface area contributed by atoms with Gasteiger partial charge in [-0.15, -0.1) is 11.3 Å². The standard InChI is InChI=1S/C22H25F3N6O2S/c1-12-17(19-30-15-5-3-4-6-16(15)34-19)18(31-20(28-12)27-11-22(23,24)25)29-14-8-7-13(9-14)10-26-21(32)33-2/h3-6,13-14H,7-11H2,1-2H3,(H,26,32)(H2,27,28,29,31). The van der Waals surface area contributed by atoms with E-state index in [1.165, 1.54) is 18.4 Å². The Hall–Kier alpha value is -3.15. The Morgan fingerprint density at radius 1 is 1.21 bits per heavy atom. The Morgan fingerprint density at radius 3 is 2.74 bits per heavy atom. The van der Waals surface area contributed by atoms with E-state index < -0.39 is 18.8 Å². The first-order chi connectivity index (χ1) is 16.2. The van der Waals surface area contributed by atoms with Crippen molar-refractivity contribution in [3.05, 3.63) is 30.0 Å². The Kier molecular flexibility index (Phi) is 7.05. The summed E-state index contributed by atoms with van der Waals surface area (Å²) in [7, 11) is 1.32. The van der Waals surface area contributed by atoms with Crippen LogP contribution in [0.25, 0.3) is 20.8 Å². The Bertz CT molecular complexity index is 1140. The fraction of sp³-hybridized carbons (Fsp3) is 0.455. The first kappa shape index (κ1) is 24.0. The number of para-hydroxylation sites is 1. The maximum absolute atomic E-state index is 12.7. The fourth-order valence-electron chi connectivity index (χ4n) is 4.06. The molecule has 12 heteroatoms. The van der Waals surface area contributed by atoms with Gasteiger partial charge in [-0.25, -0.2) is 14.8 Å². The number of aryl methyl sites for hydroxylation is 1. The first-order valence-electron chi connectivity index (χ1n) is 10.9. The van der Waals surface area contributed by atoms with Gasteiger partial charge in [-0.05, 0) is 44.2 Å². The molecule has 1 aromatic carbocycles. The van der Waals surface area contributed by atoms with Gasteiger partial charge in [-0.1, -0.05) is 12.1 Å². The smallest absolute Gasteiger partial charge is 0.406 e. The number of nitrogens with zero attached hydrogens (tertiary/aromatic N) is 3. The molecule has 1 aliphatic rings. The molecular weight excluding hydrogens is 469 g/mol. The zero-order chi connectivity index (χ0) is 24.3. The monoisotopic (exact) mass is 494 g/mol. The zero-order valence-corrected chi connectivity index (χ0v) is 19.5. The van der Waals surface area contributed by atoms with E-state index >= 15 is 0 Å². The maximum atomic E-state index is 12.7. The van der Waals surface area contributed by atoms with Gasteiger partial charge < -0.3 is 20.7 Å². The molecule has 3 N–H and O–H groups in total. The summed E-state index contributed by atoms with van der Waals surface area (Å²) in [6, 6.07) is 7.75. The minimum atomic E-state index is -4.39. The number of amides is 1. The van der Waals surface area contributed by atoms with E-state index in [0.717, 1.165) is 29.5 Å². The number of fused-ring (bicyclic) bond motifs is 1. The van der Waals surface area contributed by atoms with Crippen molar-refractivity contribution in [2.75, 3.05) is 30.8 Å². The van der Waals surface area contributed by atoms with Gasteiger partial charge >= 0.3 is 12.3 Å². The lowest BCUT2D eigenvalue weighted by Gasteiger charge is -2.19. The third-order valence-corrected chi connectivity index (χ3v) is 6.70. The van der Waals surface area contributed by atoms with Gasteiger partial charge in [-0.2, -0.15) is 18.2 Å². The number of methoxy groups -OCH3 is 1. The van der Waals surface area contributed by atoms with Gasteiger partial charge in [0.05, 0.1) is 28.6 Å². The second-order valence-electron chi connectivity index (χ2n) is 8.20. The van der Waals surface area contributed by atoms with Crippen molar-refractivity contribution in [2.45, 2.75) is 38.4 Å². The Morgan fingerprint density at radius 2 is 2.00 bits per heavy atom. The molecule has 182 valence electrons. The number of anilines is 2. The molecule has 34 heavy (non-hydrogen) atoms. The van der Waals surface area contributed by atoms with Gasteiger partial charge in [0.1, 0.15) is 17.4 Å². The molecule has 1 amide bonds. The summed E-state index contributed by atoms with van der Waals surface area (Å²) in [5, 5.41) is 9.11. The number of halogens is 3. The maximum Gasteiger partial charge on any atom is 0.406 e. The molecule has 0 spiro atoms. The van der Waals surface area contributed by atoms with Crippen LogP contribution in [0.2, 0.25) is 0 Å². The van der Waals surface area contributed by atoms with Crippen LogP contribution in [0.5, 0.6) is 0 Å². The van der Waals surface area contributed by atoms with Crippen molar-refractivity contribution < 1.29 is 22.7 Å². The molecule has 2 aromatic heterocycles. The molecule has 8 nitrogen and oxygen atoms in total. The Labute approximate surface area is 198 Å². The molecule has 0 bridgehead atoms. The number of alkyl carbamates (subject to hydrolysis) is 1. The lowest BCUT2D eigenvalue weighted by molar-refractivity contribution is -0.115. The molecule has 3 aromatic rings. The van der Waals surface area contributed by atoms with Gasteiger partial charge in [0.25, 0.3) is 0 Å². The highest BCUT2D eigenvalue weighted by Crippen LogP contribution is 2.38. The quantitative estimate of drug-likeness (QED) is 0.426. The van der Waals surface area contributed by atoms with Gasteiger partial charge in [0.15, 0.2) is 0 Å². The zero-order valence-electron chi connectivity index (χ0n) is 18.7. The van der Waals surface area contributed by atoms with Crippen LogP contribution in [0.3, 0.4) is 0 Å². The van der Waals surface area contributed by atoms with E-state index in [2.05, 4.69) is 30.7 Å². The second kappa shape index (κ2) is 10.00. The Balaban J connectivity index is 1.60. The van der Waals surface area contributed by atoms with E-state index in [1.807, 2.05) is 24.3 Å². The minimum Gasteiger partial charge on any atom is -0.453 e. The summed E-state index contributed by atoms with van der Waals surface area (Å²) in [4.78, 5) is 24.7. The van der Waals surface area contributed by atoms with E-state index in [-0.39, 0.29) is 17.9 Å². The number of thiazole rings is 1. The SMILES string of the molecule is COC(=O)NCC1CCC(Nc2nc(NCC(F)(F)F)nc(C)c2-c2nc3ccccc3s2)C1. The molecule has 0 saturated heterocycles. The number of carbonyl (C=O) groups is 1. The summed E-state index contributed by atoms with van der Waals surface area (Å²) in [5.74, 6) is 0.611. The molecule has 1 saturated carbocycles. The fourth-order valence-corrected chi connectivity index (χ4v) is 5.12.